The van der Waals surface area contributed by atoms with Crippen molar-refractivity contribution in [2.45, 2.75) is 26.3 Å². The van der Waals surface area contributed by atoms with Gasteiger partial charge in [0.05, 0.1) is 11.9 Å². The fourth-order valence-corrected chi connectivity index (χ4v) is 2.28. The van der Waals surface area contributed by atoms with Gasteiger partial charge in [-0.2, -0.15) is 5.10 Å². The van der Waals surface area contributed by atoms with Gasteiger partial charge in [0.1, 0.15) is 17.8 Å². The van der Waals surface area contributed by atoms with Gasteiger partial charge < -0.3 is 0 Å². The third kappa shape index (κ3) is 2.81. The molecule has 3 aromatic rings. The van der Waals surface area contributed by atoms with Crippen LogP contribution in [0.5, 0.6) is 0 Å². The summed E-state index contributed by atoms with van der Waals surface area (Å²) in [6, 6.07) is 11.5. The normalized spacial score (nSPS) is 10.9. The van der Waals surface area contributed by atoms with Crippen LogP contribution < -0.4 is 0 Å². The maximum absolute atomic E-state index is 12.4. The number of aryl methyl sites for hydroxylation is 1. The number of aromatic nitrogens is 4. The van der Waals surface area contributed by atoms with E-state index >= 15 is 0 Å². The van der Waals surface area contributed by atoms with E-state index in [2.05, 4.69) is 22.0 Å². The molecule has 106 valence electrons. The number of Topliss-reactive ketones (excluding diaryl/α,β-unsaturated/α-hetero) is 1. The van der Waals surface area contributed by atoms with Crippen molar-refractivity contribution < 1.29 is 4.79 Å². The van der Waals surface area contributed by atoms with Crippen LogP contribution in [0.25, 0.3) is 10.9 Å². The molecule has 2 heterocycles. The molecule has 0 radical (unpaired) electrons. The largest absolute Gasteiger partial charge is 0.292 e. The van der Waals surface area contributed by atoms with Crippen LogP contribution in [0, 0.1) is 0 Å². The van der Waals surface area contributed by atoms with Crippen molar-refractivity contribution in [1.82, 2.24) is 19.7 Å². The van der Waals surface area contributed by atoms with Crippen LogP contribution in [0.1, 0.15) is 29.7 Å². The molecule has 0 fully saturated rings. The summed E-state index contributed by atoms with van der Waals surface area (Å²) in [4.78, 5) is 21.0. The van der Waals surface area contributed by atoms with Crippen molar-refractivity contribution in [3.05, 3.63) is 54.2 Å². The topological polar surface area (TPSA) is 60.7 Å². The Morgan fingerprint density at radius 3 is 2.90 bits per heavy atom. The van der Waals surface area contributed by atoms with Gasteiger partial charge in [0.25, 0.3) is 0 Å². The molecule has 5 nitrogen and oxygen atoms in total. The smallest absolute Gasteiger partial charge is 0.188 e. The molecule has 21 heavy (non-hydrogen) atoms. The quantitative estimate of drug-likeness (QED) is 0.674. The Morgan fingerprint density at radius 2 is 2.05 bits per heavy atom. The number of hydrogen-bond donors (Lipinski definition) is 0. The molecule has 5 heteroatoms. The van der Waals surface area contributed by atoms with Gasteiger partial charge in [0.15, 0.2) is 5.78 Å². The van der Waals surface area contributed by atoms with Crippen LogP contribution in [0.15, 0.2) is 42.7 Å². The molecule has 0 saturated carbocycles. The highest BCUT2D eigenvalue weighted by atomic mass is 16.1. The highest BCUT2D eigenvalue weighted by molar-refractivity contribution is 5.97. The lowest BCUT2D eigenvalue weighted by atomic mass is 10.1. The monoisotopic (exact) mass is 280 g/mol. The number of fused-ring (bicyclic) bond motifs is 1. The van der Waals surface area contributed by atoms with E-state index in [-0.39, 0.29) is 12.2 Å². The minimum atomic E-state index is -0.0360. The summed E-state index contributed by atoms with van der Waals surface area (Å²) in [5, 5.41) is 5.17. The zero-order chi connectivity index (χ0) is 14.7. The number of rotatable bonds is 5. The third-order valence-electron chi connectivity index (χ3n) is 3.33. The van der Waals surface area contributed by atoms with Crippen molar-refractivity contribution in [1.29, 1.82) is 0 Å². The highest BCUT2D eigenvalue weighted by Gasteiger charge is 2.13. The number of para-hydroxylation sites is 1. The minimum absolute atomic E-state index is 0.0360. The summed E-state index contributed by atoms with van der Waals surface area (Å²) in [7, 11) is 0. The van der Waals surface area contributed by atoms with Crippen LogP contribution in [0.4, 0.5) is 0 Å². The molecule has 0 aliphatic rings. The summed E-state index contributed by atoms with van der Waals surface area (Å²) in [6.07, 6.45) is 2.68. The molecule has 2 aromatic heterocycles. The maximum atomic E-state index is 12.4. The number of nitrogens with zero attached hydrogens (tertiary/aromatic N) is 4. The SMILES string of the molecule is CCCn1ncnc1CC(=O)c1ccc2ccccc2n1. The van der Waals surface area contributed by atoms with Crippen LogP contribution in [-0.4, -0.2) is 25.5 Å². The molecular weight excluding hydrogens is 264 g/mol. The van der Waals surface area contributed by atoms with E-state index in [4.69, 9.17) is 0 Å². The average Bonchev–Trinajstić information content (AvgIpc) is 2.94. The Labute approximate surface area is 122 Å². The molecule has 1 aromatic carbocycles. The van der Waals surface area contributed by atoms with Crippen LogP contribution in [0.3, 0.4) is 0 Å². The number of hydrogen-bond acceptors (Lipinski definition) is 4. The number of ketones is 1. The Morgan fingerprint density at radius 1 is 1.19 bits per heavy atom. The van der Waals surface area contributed by atoms with E-state index < -0.39 is 0 Å². The molecule has 0 unspecified atom stereocenters. The first-order valence-corrected chi connectivity index (χ1v) is 7.03. The predicted molar refractivity (Wildman–Crippen MR) is 80.1 cm³/mol. The van der Waals surface area contributed by atoms with Gasteiger partial charge in [-0.05, 0) is 18.6 Å². The zero-order valence-corrected chi connectivity index (χ0v) is 11.9. The van der Waals surface area contributed by atoms with Gasteiger partial charge in [0, 0.05) is 11.9 Å². The number of carbonyl (C=O) groups is 1. The molecule has 0 aliphatic heterocycles. The molecule has 0 spiro atoms. The number of carbonyl (C=O) groups excluding carboxylic acids is 1. The number of benzene rings is 1. The lowest BCUT2D eigenvalue weighted by Crippen LogP contribution is -2.12. The van der Waals surface area contributed by atoms with Crippen LogP contribution in [0.2, 0.25) is 0 Å². The van der Waals surface area contributed by atoms with Crippen molar-refractivity contribution in [3.8, 4) is 0 Å². The summed E-state index contributed by atoms with van der Waals surface area (Å²) in [5.74, 6) is 0.655. The Kier molecular flexibility index (Phi) is 3.73. The second-order valence-corrected chi connectivity index (χ2v) is 4.89. The van der Waals surface area contributed by atoms with E-state index in [0.717, 1.165) is 23.9 Å². The third-order valence-corrected chi connectivity index (χ3v) is 3.33. The average molecular weight is 280 g/mol. The summed E-state index contributed by atoms with van der Waals surface area (Å²) in [5.41, 5.74) is 1.30. The van der Waals surface area contributed by atoms with Crippen LogP contribution in [-0.2, 0) is 13.0 Å². The van der Waals surface area contributed by atoms with Gasteiger partial charge in [-0.1, -0.05) is 31.2 Å². The fraction of sp³-hybridized carbons (Fsp3) is 0.250. The first-order valence-electron chi connectivity index (χ1n) is 7.03. The first kappa shape index (κ1) is 13.4. The molecule has 3 rings (SSSR count). The minimum Gasteiger partial charge on any atom is -0.292 e. The Hall–Kier alpha value is -2.56. The first-order chi connectivity index (χ1) is 10.3. The molecule has 0 aliphatic carbocycles. The van der Waals surface area contributed by atoms with E-state index in [1.54, 1.807) is 10.7 Å². The van der Waals surface area contributed by atoms with Crippen molar-refractivity contribution in [2.24, 2.45) is 0 Å². The highest BCUT2D eigenvalue weighted by Crippen LogP contribution is 2.13. The van der Waals surface area contributed by atoms with E-state index in [1.165, 1.54) is 6.33 Å². The van der Waals surface area contributed by atoms with E-state index in [1.807, 2.05) is 30.3 Å². The number of pyridine rings is 1. The summed E-state index contributed by atoms with van der Waals surface area (Å²) < 4.78 is 1.78. The Bertz CT molecular complexity index is 779. The van der Waals surface area contributed by atoms with E-state index in [9.17, 15) is 4.79 Å². The van der Waals surface area contributed by atoms with Gasteiger partial charge in [-0.25, -0.2) is 14.6 Å². The fourth-order valence-electron chi connectivity index (χ4n) is 2.28. The van der Waals surface area contributed by atoms with Crippen molar-refractivity contribution in [3.63, 3.8) is 0 Å². The van der Waals surface area contributed by atoms with Crippen molar-refractivity contribution in [2.75, 3.05) is 0 Å². The van der Waals surface area contributed by atoms with Crippen LogP contribution >= 0.6 is 0 Å². The lowest BCUT2D eigenvalue weighted by Gasteiger charge is -2.04. The second kappa shape index (κ2) is 5.83. The molecule has 0 atom stereocenters. The van der Waals surface area contributed by atoms with Gasteiger partial charge in [0.2, 0.25) is 0 Å². The molecule has 0 saturated heterocycles. The van der Waals surface area contributed by atoms with Gasteiger partial charge >= 0.3 is 0 Å². The standard InChI is InChI=1S/C16H16N4O/c1-2-9-20-16(17-11-18-20)10-15(21)14-8-7-12-5-3-4-6-13(12)19-14/h3-8,11H,2,9-10H2,1H3. The molecule has 0 amide bonds. The van der Waals surface area contributed by atoms with Gasteiger partial charge in [-0.15, -0.1) is 0 Å². The summed E-state index contributed by atoms with van der Waals surface area (Å²) >= 11 is 0. The van der Waals surface area contributed by atoms with Crippen molar-refractivity contribution >= 4 is 16.7 Å². The maximum Gasteiger partial charge on any atom is 0.188 e. The Balaban J connectivity index is 1.84. The molecule has 0 N–H and O–H groups in total. The lowest BCUT2D eigenvalue weighted by molar-refractivity contribution is 0.0985. The van der Waals surface area contributed by atoms with E-state index in [0.29, 0.717) is 11.5 Å². The van der Waals surface area contributed by atoms with Gasteiger partial charge in [-0.3, -0.25) is 4.79 Å². The summed E-state index contributed by atoms with van der Waals surface area (Å²) in [6.45, 7) is 2.84. The zero-order valence-electron chi connectivity index (χ0n) is 11.9. The second-order valence-electron chi connectivity index (χ2n) is 4.89. The molecular formula is C16H16N4O. The molecule has 0 bridgehead atoms. The predicted octanol–water partition coefficient (Wildman–Crippen LogP) is 2.66.